The maximum Gasteiger partial charge on any atom is 0.234 e. The third-order valence-electron chi connectivity index (χ3n) is 5.16. The van der Waals surface area contributed by atoms with E-state index in [9.17, 15) is 4.79 Å². The topological polar surface area (TPSA) is 55.6 Å². The Morgan fingerprint density at radius 1 is 1.21 bits per heavy atom. The summed E-state index contributed by atoms with van der Waals surface area (Å²) >= 11 is 0. The van der Waals surface area contributed by atoms with Gasteiger partial charge in [-0.15, -0.1) is 0 Å². The Morgan fingerprint density at radius 3 is 2.71 bits per heavy atom. The second kappa shape index (κ2) is 5.96. The Kier molecular flexibility index (Phi) is 3.79. The molecule has 0 unspecified atom stereocenters. The van der Waals surface area contributed by atoms with Crippen molar-refractivity contribution in [2.45, 2.75) is 37.5 Å². The van der Waals surface area contributed by atoms with Crippen molar-refractivity contribution in [3.05, 3.63) is 36.0 Å². The third-order valence-corrected chi connectivity index (χ3v) is 5.16. The summed E-state index contributed by atoms with van der Waals surface area (Å²) < 4.78 is 10.8. The average Bonchev–Trinajstić information content (AvgIpc) is 3.31. The molecule has 0 bridgehead atoms. The molecule has 0 N–H and O–H groups in total. The van der Waals surface area contributed by atoms with E-state index in [1.807, 2.05) is 35.2 Å². The van der Waals surface area contributed by atoms with Gasteiger partial charge in [-0.25, -0.2) is 0 Å². The SMILES string of the molecule is COc1cccc(-c2cc(C3(C(=O)N4CCCCC4)CC3)no2)c1. The number of benzene rings is 1. The summed E-state index contributed by atoms with van der Waals surface area (Å²) in [7, 11) is 1.64. The smallest absolute Gasteiger partial charge is 0.234 e. The normalized spacial score (nSPS) is 19.1. The van der Waals surface area contributed by atoms with Crippen LogP contribution in [0.4, 0.5) is 0 Å². The first kappa shape index (κ1) is 15.2. The Balaban J connectivity index is 1.58. The minimum Gasteiger partial charge on any atom is -0.497 e. The van der Waals surface area contributed by atoms with Crippen molar-refractivity contribution in [3.63, 3.8) is 0 Å². The third kappa shape index (κ3) is 2.58. The van der Waals surface area contributed by atoms with Gasteiger partial charge in [-0.3, -0.25) is 4.79 Å². The van der Waals surface area contributed by atoms with E-state index in [1.54, 1.807) is 7.11 Å². The predicted molar refractivity (Wildman–Crippen MR) is 89.8 cm³/mol. The quantitative estimate of drug-likeness (QED) is 0.864. The number of piperidine rings is 1. The fourth-order valence-corrected chi connectivity index (χ4v) is 3.52. The van der Waals surface area contributed by atoms with Crippen LogP contribution in [0.5, 0.6) is 5.75 Å². The van der Waals surface area contributed by atoms with Crippen LogP contribution in [0.3, 0.4) is 0 Å². The number of methoxy groups -OCH3 is 1. The zero-order valence-electron chi connectivity index (χ0n) is 14.0. The zero-order chi connectivity index (χ0) is 16.6. The summed E-state index contributed by atoms with van der Waals surface area (Å²) in [5.41, 5.74) is 1.24. The molecule has 5 nitrogen and oxygen atoms in total. The molecule has 1 aliphatic carbocycles. The first-order chi connectivity index (χ1) is 11.7. The van der Waals surface area contributed by atoms with E-state index in [0.29, 0.717) is 5.76 Å². The van der Waals surface area contributed by atoms with E-state index in [-0.39, 0.29) is 5.91 Å². The molecule has 2 heterocycles. The number of nitrogens with zero attached hydrogens (tertiary/aromatic N) is 2. The Bertz CT molecular complexity index is 743. The molecular weight excluding hydrogens is 304 g/mol. The van der Waals surface area contributed by atoms with Crippen molar-refractivity contribution in [3.8, 4) is 17.1 Å². The predicted octanol–water partition coefficient (Wildman–Crippen LogP) is 3.39. The monoisotopic (exact) mass is 326 g/mol. The van der Waals surface area contributed by atoms with Crippen LogP contribution in [0.15, 0.2) is 34.9 Å². The fourth-order valence-electron chi connectivity index (χ4n) is 3.52. The Labute approximate surface area is 141 Å². The van der Waals surface area contributed by atoms with Crippen LogP contribution in [0.25, 0.3) is 11.3 Å². The lowest BCUT2D eigenvalue weighted by Crippen LogP contribution is -2.42. The molecule has 2 fully saturated rings. The highest BCUT2D eigenvalue weighted by atomic mass is 16.5. The van der Waals surface area contributed by atoms with E-state index in [2.05, 4.69) is 5.16 Å². The van der Waals surface area contributed by atoms with Crippen LogP contribution in [0, 0.1) is 0 Å². The summed E-state index contributed by atoms with van der Waals surface area (Å²) in [5, 5.41) is 4.23. The lowest BCUT2D eigenvalue weighted by Gasteiger charge is -2.29. The number of carbonyl (C=O) groups excluding carboxylic acids is 1. The standard InChI is InChI=1S/C19H22N2O3/c1-23-15-7-5-6-14(12-15)16-13-17(20-24-16)19(8-9-19)18(22)21-10-3-2-4-11-21/h5-7,12-13H,2-4,8-11H2,1H3. The summed E-state index contributed by atoms with van der Waals surface area (Å²) in [5.74, 6) is 1.69. The summed E-state index contributed by atoms with van der Waals surface area (Å²) in [6, 6.07) is 9.60. The van der Waals surface area contributed by atoms with E-state index in [0.717, 1.165) is 55.8 Å². The zero-order valence-corrected chi connectivity index (χ0v) is 14.0. The van der Waals surface area contributed by atoms with Crippen molar-refractivity contribution in [1.82, 2.24) is 10.1 Å². The summed E-state index contributed by atoms with van der Waals surface area (Å²) in [4.78, 5) is 15.0. The van der Waals surface area contributed by atoms with Gasteiger partial charge in [-0.2, -0.15) is 0 Å². The van der Waals surface area contributed by atoms with Crippen LogP contribution in [0.1, 0.15) is 37.8 Å². The number of aromatic nitrogens is 1. The first-order valence-electron chi connectivity index (χ1n) is 8.64. The molecular formula is C19H22N2O3. The first-order valence-corrected chi connectivity index (χ1v) is 8.64. The van der Waals surface area contributed by atoms with E-state index >= 15 is 0 Å². The molecule has 0 radical (unpaired) electrons. The van der Waals surface area contributed by atoms with Gasteiger partial charge >= 0.3 is 0 Å². The number of ether oxygens (including phenoxy) is 1. The van der Waals surface area contributed by atoms with Crippen molar-refractivity contribution in [2.75, 3.05) is 20.2 Å². The molecule has 1 saturated heterocycles. The van der Waals surface area contributed by atoms with E-state index in [1.165, 1.54) is 6.42 Å². The number of amides is 1. The molecule has 4 rings (SSSR count). The van der Waals surface area contributed by atoms with Gasteiger partial charge in [0.2, 0.25) is 5.91 Å². The number of hydrogen-bond donors (Lipinski definition) is 0. The molecule has 126 valence electrons. The molecule has 0 spiro atoms. The van der Waals surface area contributed by atoms with Gasteiger partial charge in [0.15, 0.2) is 5.76 Å². The highest BCUT2D eigenvalue weighted by Crippen LogP contribution is 2.50. The number of hydrogen-bond acceptors (Lipinski definition) is 4. The van der Waals surface area contributed by atoms with Crippen molar-refractivity contribution < 1.29 is 14.1 Å². The molecule has 1 amide bonds. The van der Waals surface area contributed by atoms with Gasteiger partial charge in [0, 0.05) is 24.7 Å². The van der Waals surface area contributed by atoms with E-state index < -0.39 is 5.41 Å². The van der Waals surface area contributed by atoms with Crippen molar-refractivity contribution in [2.24, 2.45) is 0 Å². The lowest BCUT2D eigenvalue weighted by atomic mass is 9.98. The second-order valence-corrected chi connectivity index (χ2v) is 6.74. The molecule has 24 heavy (non-hydrogen) atoms. The van der Waals surface area contributed by atoms with Crippen LogP contribution in [-0.4, -0.2) is 36.2 Å². The molecule has 1 aliphatic heterocycles. The average molecular weight is 326 g/mol. The molecule has 1 aromatic heterocycles. The molecule has 1 aromatic carbocycles. The van der Waals surface area contributed by atoms with Crippen LogP contribution in [0.2, 0.25) is 0 Å². The number of rotatable bonds is 4. The fraction of sp³-hybridized carbons (Fsp3) is 0.474. The van der Waals surface area contributed by atoms with Crippen LogP contribution in [-0.2, 0) is 10.2 Å². The van der Waals surface area contributed by atoms with Gasteiger partial charge in [0.25, 0.3) is 0 Å². The summed E-state index contributed by atoms with van der Waals surface area (Å²) in [6.07, 6.45) is 5.17. The second-order valence-electron chi connectivity index (χ2n) is 6.74. The van der Waals surface area contributed by atoms with Crippen LogP contribution < -0.4 is 4.74 Å². The van der Waals surface area contributed by atoms with Gasteiger partial charge < -0.3 is 14.2 Å². The minimum absolute atomic E-state index is 0.229. The molecule has 2 aromatic rings. The lowest BCUT2D eigenvalue weighted by molar-refractivity contribution is -0.135. The minimum atomic E-state index is -0.446. The number of carbonyl (C=O) groups is 1. The molecule has 2 aliphatic rings. The van der Waals surface area contributed by atoms with Gasteiger partial charge in [0.1, 0.15) is 5.75 Å². The summed E-state index contributed by atoms with van der Waals surface area (Å²) in [6.45, 7) is 1.75. The molecule has 5 heteroatoms. The van der Waals surface area contributed by atoms with Crippen LogP contribution >= 0.6 is 0 Å². The van der Waals surface area contributed by atoms with E-state index in [4.69, 9.17) is 9.26 Å². The van der Waals surface area contributed by atoms with Gasteiger partial charge in [-0.1, -0.05) is 17.3 Å². The highest BCUT2D eigenvalue weighted by Gasteiger charge is 2.55. The van der Waals surface area contributed by atoms with Gasteiger partial charge in [-0.05, 0) is 44.2 Å². The number of likely N-dealkylation sites (tertiary alicyclic amines) is 1. The Hall–Kier alpha value is -2.30. The van der Waals surface area contributed by atoms with Crippen molar-refractivity contribution >= 4 is 5.91 Å². The molecule has 0 atom stereocenters. The maximum atomic E-state index is 13.0. The largest absolute Gasteiger partial charge is 0.497 e. The maximum absolute atomic E-state index is 13.0. The molecule has 1 saturated carbocycles. The Morgan fingerprint density at radius 2 is 2.00 bits per heavy atom. The van der Waals surface area contributed by atoms with Crippen molar-refractivity contribution in [1.29, 1.82) is 0 Å². The van der Waals surface area contributed by atoms with Gasteiger partial charge in [0.05, 0.1) is 18.2 Å². The highest BCUT2D eigenvalue weighted by molar-refractivity contribution is 5.91.